The molecule has 0 aliphatic heterocycles. The molecule has 0 bridgehead atoms. The molecule has 0 heterocycles. The minimum atomic E-state index is -0.617. The van der Waals surface area contributed by atoms with Crippen molar-refractivity contribution in [1.82, 2.24) is 0 Å². The van der Waals surface area contributed by atoms with E-state index in [1.807, 2.05) is 13.0 Å². The molecule has 1 unspecified atom stereocenters. The molecule has 1 rings (SSSR count). The van der Waals surface area contributed by atoms with E-state index in [0.717, 1.165) is 5.56 Å². The molecule has 1 amide bonds. The van der Waals surface area contributed by atoms with Gasteiger partial charge in [-0.05, 0) is 45.4 Å². The summed E-state index contributed by atoms with van der Waals surface area (Å²) in [4.78, 5) is 11.7. The second-order valence-corrected chi connectivity index (χ2v) is 6.37. The number of ether oxygens (including phenoxy) is 2. The van der Waals surface area contributed by atoms with Crippen LogP contribution in [0.25, 0.3) is 0 Å². The molecule has 3 N–H and O–H groups in total. The Hall–Kier alpha value is -1.30. The topological polar surface area (TPSA) is 73.6 Å². The number of rotatable bonds is 4. The fourth-order valence-electron chi connectivity index (χ4n) is 1.68. The lowest BCUT2D eigenvalue weighted by molar-refractivity contribution is 0.0101. The predicted octanol–water partition coefficient (Wildman–Crippen LogP) is 3.51. The third kappa shape index (κ3) is 4.88. The van der Waals surface area contributed by atoms with Gasteiger partial charge >= 0.3 is 6.09 Å². The number of carbonyl (C=O) groups excluding carboxylic acids is 1. The smallest absolute Gasteiger partial charge is 0.412 e. The number of anilines is 1. The largest absolute Gasteiger partial charge is 0.444 e. The molecule has 0 spiro atoms. The fraction of sp³-hybridized carbons (Fsp3) is 0.533. The van der Waals surface area contributed by atoms with Crippen LogP contribution in [0.5, 0.6) is 0 Å². The van der Waals surface area contributed by atoms with Crippen molar-refractivity contribution in [3.05, 3.63) is 28.8 Å². The maximum absolute atomic E-state index is 11.7. The monoisotopic (exact) mass is 314 g/mol. The Morgan fingerprint density at radius 1 is 1.33 bits per heavy atom. The molecule has 21 heavy (non-hydrogen) atoms. The summed E-state index contributed by atoms with van der Waals surface area (Å²) < 4.78 is 10.6. The highest BCUT2D eigenvalue weighted by molar-refractivity contribution is 6.33. The van der Waals surface area contributed by atoms with Crippen LogP contribution < -0.4 is 11.1 Å². The van der Waals surface area contributed by atoms with Crippen molar-refractivity contribution in [2.45, 2.75) is 38.9 Å². The Balaban J connectivity index is 2.91. The van der Waals surface area contributed by atoms with Crippen LogP contribution in [0.2, 0.25) is 5.02 Å². The van der Waals surface area contributed by atoms with Crippen LogP contribution in [-0.4, -0.2) is 25.3 Å². The molecule has 1 aromatic rings. The van der Waals surface area contributed by atoms with E-state index in [-0.39, 0.29) is 0 Å². The first-order valence-electron chi connectivity index (χ1n) is 6.66. The Labute approximate surface area is 130 Å². The summed E-state index contributed by atoms with van der Waals surface area (Å²) in [6, 6.07) is 5.24. The van der Waals surface area contributed by atoms with E-state index in [1.165, 1.54) is 0 Å². The number of amides is 1. The van der Waals surface area contributed by atoms with E-state index in [9.17, 15) is 4.79 Å². The van der Waals surface area contributed by atoms with Crippen molar-refractivity contribution in [2.24, 2.45) is 5.73 Å². The number of nitrogens with two attached hydrogens (primary N) is 1. The summed E-state index contributed by atoms with van der Waals surface area (Å²) in [5.74, 6) is 0. The highest BCUT2D eigenvalue weighted by Crippen LogP contribution is 2.30. The zero-order valence-corrected chi connectivity index (χ0v) is 13.9. The third-order valence-corrected chi connectivity index (χ3v) is 3.37. The van der Waals surface area contributed by atoms with Crippen LogP contribution in [0.1, 0.15) is 33.3 Å². The lowest BCUT2D eigenvalue weighted by atomic mass is 9.95. The summed E-state index contributed by atoms with van der Waals surface area (Å²) in [7, 11) is 1.59. The quantitative estimate of drug-likeness (QED) is 0.892. The average molecular weight is 315 g/mol. The molecule has 1 atom stereocenters. The predicted molar refractivity (Wildman–Crippen MR) is 84.7 cm³/mol. The van der Waals surface area contributed by atoms with Crippen molar-refractivity contribution >= 4 is 23.4 Å². The van der Waals surface area contributed by atoms with Gasteiger partial charge in [-0.3, -0.25) is 5.32 Å². The highest BCUT2D eigenvalue weighted by Gasteiger charge is 2.25. The summed E-state index contributed by atoms with van der Waals surface area (Å²) in [6.45, 7) is 7.58. The van der Waals surface area contributed by atoms with Gasteiger partial charge < -0.3 is 15.2 Å². The van der Waals surface area contributed by atoms with Crippen LogP contribution in [0.3, 0.4) is 0 Å². The summed E-state index contributed by atoms with van der Waals surface area (Å²) >= 11 is 6.20. The third-order valence-electron chi connectivity index (χ3n) is 3.06. The molecular formula is C15H23ClN2O3. The van der Waals surface area contributed by atoms with Crippen LogP contribution in [0.4, 0.5) is 10.5 Å². The zero-order chi connectivity index (χ0) is 16.3. The van der Waals surface area contributed by atoms with E-state index < -0.39 is 17.3 Å². The number of nitrogens with one attached hydrogen (secondary N) is 1. The maximum Gasteiger partial charge on any atom is 0.412 e. The molecule has 0 radical (unpaired) electrons. The molecule has 0 aliphatic carbocycles. The fourth-order valence-corrected chi connectivity index (χ4v) is 1.91. The van der Waals surface area contributed by atoms with Crippen LogP contribution >= 0.6 is 11.6 Å². The van der Waals surface area contributed by atoms with E-state index in [4.69, 9.17) is 26.8 Å². The molecule has 118 valence electrons. The van der Waals surface area contributed by atoms with Crippen LogP contribution in [-0.2, 0) is 15.1 Å². The number of hydrogen-bond acceptors (Lipinski definition) is 4. The minimum absolute atomic E-state index is 0.318. The molecule has 6 heteroatoms. The average Bonchev–Trinajstić information content (AvgIpc) is 2.38. The molecular weight excluding hydrogens is 292 g/mol. The second-order valence-electron chi connectivity index (χ2n) is 5.96. The van der Waals surface area contributed by atoms with Gasteiger partial charge in [0.25, 0.3) is 0 Å². The first-order chi connectivity index (χ1) is 9.61. The highest BCUT2D eigenvalue weighted by atomic mass is 35.5. The Morgan fingerprint density at radius 2 is 1.95 bits per heavy atom. The standard InChI is InChI=1S/C15H23ClN2O3/c1-14(2,3)21-13(19)18-12-7-6-10(8-11(12)16)15(4,9-17)20-5/h6-8H,9,17H2,1-5H3,(H,18,19). The zero-order valence-electron chi connectivity index (χ0n) is 13.1. The summed E-state index contributed by atoms with van der Waals surface area (Å²) in [6.07, 6.45) is -0.550. The van der Waals surface area contributed by atoms with Crippen molar-refractivity contribution in [2.75, 3.05) is 19.0 Å². The SMILES string of the molecule is COC(C)(CN)c1ccc(NC(=O)OC(C)(C)C)c(Cl)c1. The van der Waals surface area contributed by atoms with Gasteiger partial charge in [0.05, 0.1) is 10.7 Å². The molecule has 0 aliphatic rings. The van der Waals surface area contributed by atoms with Crippen molar-refractivity contribution in [1.29, 1.82) is 0 Å². The van der Waals surface area contributed by atoms with E-state index >= 15 is 0 Å². The van der Waals surface area contributed by atoms with Crippen LogP contribution in [0.15, 0.2) is 18.2 Å². The maximum atomic E-state index is 11.7. The molecule has 0 saturated carbocycles. The number of halogens is 1. The van der Waals surface area contributed by atoms with Crippen molar-refractivity contribution < 1.29 is 14.3 Å². The number of methoxy groups -OCH3 is 1. The van der Waals surface area contributed by atoms with Crippen molar-refractivity contribution in [3.8, 4) is 0 Å². The summed E-state index contributed by atoms with van der Waals surface area (Å²) in [5.41, 5.74) is 5.87. The normalized spacial score (nSPS) is 14.4. The van der Waals surface area contributed by atoms with Crippen molar-refractivity contribution in [3.63, 3.8) is 0 Å². The first-order valence-corrected chi connectivity index (χ1v) is 7.04. The molecule has 0 aromatic heterocycles. The Kier molecular flexibility index (Phi) is 5.61. The van der Waals surface area contributed by atoms with Gasteiger partial charge in [0.2, 0.25) is 0 Å². The molecule has 0 fully saturated rings. The van der Waals surface area contributed by atoms with Gasteiger partial charge in [0, 0.05) is 13.7 Å². The van der Waals surface area contributed by atoms with Gasteiger partial charge in [0.1, 0.15) is 11.2 Å². The first kappa shape index (κ1) is 17.8. The Morgan fingerprint density at radius 3 is 2.38 bits per heavy atom. The summed E-state index contributed by atoms with van der Waals surface area (Å²) in [5, 5.41) is 3.01. The lowest BCUT2D eigenvalue weighted by Crippen LogP contribution is -2.33. The minimum Gasteiger partial charge on any atom is -0.444 e. The molecule has 0 saturated heterocycles. The second kappa shape index (κ2) is 6.64. The van der Waals surface area contributed by atoms with E-state index in [2.05, 4.69) is 5.32 Å². The molecule has 1 aromatic carbocycles. The van der Waals surface area contributed by atoms with Gasteiger partial charge in [-0.2, -0.15) is 0 Å². The number of carbonyl (C=O) groups is 1. The van der Waals surface area contributed by atoms with Gasteiger partial charge in [0.15, 0.2) is 0 Å². The Bertz CT molecular complexity index is 508. The van der Waals surface area contributed by atoms with Gasteiger partial charge in [-0.25, -0.2) is 4.79 Å². The number of hydrogen-bond donors (Lipinski definition) is 2. The number of benzene rings is 1. The van der Waals surface area contributed by atoms with Gasteiger partial charge in [-0.1, -0.05) is 17.7 Å². The van der Waals surface area contributed by atoms with E-state index in [1.54, 1.807) is 40.0 Å². The van der Waals surface area contributed by atoms with Gasteiger partial charge in [-0.15, -0.1) is 0 Å². The van der Waals surface area contributed by atoms with E-state index in [0.29, 0.717) is 17.3 Å². The lowest BCUT2D eigenvalue weighted by Gasteiger charge is -2.27. The molecule has 5 nitrogen and oxygen atoms in total. The van der Waals surface area contributed by atoms with Crippen LogP contribution in [0, 0.1) is 0 Å².